The molecule has 0 radical (unpaired) electrons. The van der Waals surface area contributed by atoms with Gasteiger partial charge in [0.15, 0.2) is 0 Å². The summed E-state index contributed by atoms with van der Waals surface area (Å²) in [5.41, 5.74) is 15.9. The molecule has 1 aliphatic carbocycles. The van der Waals surface area contributed by atoms with Gasteiger partial charge in [0.2, 0.25) is 0 Å². The molecule has 3 heterocycles. The summed E-state index contributed by atoms with van der Waals surface area (Å²) in [6.07, 6.45) is 12.9. The number of para-hydroxylation sites is 1. The molecule has 4 aromatic rings. The van der Waals surface area contributed by atoms with Gasteiger partial charge in [-0.1, -0.05) is 18.6 Å². The number of hydrogen-bond acceptors (Lipinski definition) is 5. The summed E-state index contributed by atoms with van der Waals surface area (Å²) in [7, 11) is 0. The van der Waals surface area contributed by atoms with E-state index in [9.17, 15) is 0 Å². The van der Waals surface area contributed by atoms with E-state index in [1.54, 1.807) is 6.33 Å². The molecule has 5 rings (SSSR count). The third-order valence-electron chi connectivity index (χ3n) is 6.32. The third kappa shape index (κ3) is 3.39. The summed E-state index contributed by atoms with van der Waals surface area (Å²) in [6.45, 7) is 0. The average molecular weight is 387 g/mol. The van der Waals surface area contributed by atoms with Crippen molar-refractivity contribution < 1.29 is 0 Å². The van der Waals surface area contributed by atoms with Crippen LogP contribution in [0.3, 0.4) is 0 Å². The lowest BCUT2D eigenvalue weighted by atomic mass is 9.98. The van der Waals surface area contributed by atoms with Crippen molar-refractivity contribution in [3.8, 4) is 0 Å². The molecule has 0 amide bonds. The van der Waals surface area contributed by atoms with Gasteiger partial charge in [-0.05, 0) is 61.8 Å². The Hall–Kier alpha value is -3.15. The van der Waals surface area contributed by atoms with E-state index in [4.69, 9.17) is 11.5 Å². The van der Waals surface area contributed by atoms with E-state index in [1.807, 2.05) is 24.4 Å². The lowest BCUT2D eigenvalue weighted by molar-refractivity contribution is 0.449. The van der Waals surface area contributed by atoms with Gasteiger partial charge < -0.3 is 16.0 Å². The molecular formula is C23H26N6. The Labute approximate surface area is 170 Å². The van der Waals surface area contributed by atoms with Crippen LogP contribution in [0, 0.1) is 5.92 Å². The maximum Gasteiger partial charge on any atom is 0.145 e. The number of pyridine rings is 1. The summed E-state index contributed by atoms with van der Waals surface area (Å²) in [6, 6.07) is 10.8. The molecule has 4 N–H and O–H groups in total. The lowest BCUT2D eigenvalue weighted by Crippen LogP contribution is -2.06. The molecule has 0 bridgehead atoms. The number of nitrogens with two attached hydrogens (primary N) is 2. The summed E-state index contributed by atoms with van der Waals surface area (Å²) in [4.78, 5) is 13.1. The fourth-order valence-electron chi connectivity index (χ4n) is 4.81. The predicted octanol–water partition coefficient (Wildman–Crippen LogP) is 4.51. The average Bonchev–Trinajstić information content (AvgIpc) is 3.36. The molecule has 1 aliphatic rings. The molecule has 6 heteroatoms. The first-order chi connectivity index (χ1) is 14.2. The molecule has 0 aliphatic heterocycles. The van der Waals surface area contributed by atoms with E-state index >= 15 is 0 Å². The molecule has 0 spiro atoms. The molecule has 1 saturated carbocycles. The smallest absolute Gasteiger partial charge is 0.145 e. The first-order valence-electron chi connectivity index (χ1n) is 10.4. The topological polar surface area (TPSA) is 95.6 Å². The second kappa shape index (κ2) is 7.35. The monoisotopic (exact) mass is 386 g/mol. The van der Waals surface area contributed by atoms with Crippen LogP contribution in [0.1, 0.15) is 43.7 Å². The Morgan fingerprint density at radius 2 is 2.00 bits per heavy atom. The number of nitrogen functional groups attached to an aromatic ring is 2. The molecule has 148 valence electrons. The van der Waals surface area contributed by atoms with Crippen molar-refractivity contribution in [1.82, 2.24) is 19.5 Å². The highest BCUT2D eigenvalue weighted by atomic mass is 15.1. The van der Waals surface area contributed by atoms with Gasteiger partial charge >= 0.3 is 0 Å². The second-order valence-corrected chi connectivity index (χ2v) is 8.21. The zero-order valence-corrected chi connectivity index (χ0v) is 16.5. The second-order valence-electron chi connectivity index (χ2n) is 8.21. The number of rotatable bonds is 5. The van der Waals surface area contributed by atoms with E-state index in [-0.39, 0.29) is 0 Å². The molecule has 1 aromatic carbocycles. The van der Waals surface area contributed by atoms with Gasteiger partial charge in [-0.25, -0.2) is 9.97 Å². The van der Waals surface area contributed by atoms with E-state index in [0.717, 1.165) is 40.0 Å². The Morgan fingerprint density at radius 1 is 1.07 bits per heavy atom. The Morgan fingerprint density at radius 3 is 2.93 bits per heavy atom. The van der Waals surface area contributed by atoms with Gasteiger partial charge in [0, 0.05) is 23.8 Å². The van der Waals surface area contributed by atoms with E-state index in [0.29, 0.717) is 11.9 Å². The number of nitrogens with zero attached hydrogens (tertiary/aromatic N) is 4. The maximum absolute atomic E-state index is 6.01. The van der Waals surface area contributed by atoms with Crippen molar-refractivity contribution in [3.63, 3.8) is 0 Å². The zero-order valence-electron chi connectivity index (χ0n) is 16.5. The van der Waals surface area contributed by atoms with Gasteiger partial charge in [0.05, 0.1) is 16.6 Å². The van der Waals surface area contributed by atoms with Gasteiger partial charge in [0.1, 0.15) is 17.8 Å². The normalized spacial score (nSPS) is 19.3. The number of fused-ring (bicyclic) bond motifs is 2. The standard InChI is InChI=1S/C23H26N6/c24-20-6-2-5-17-11-16(13-26-21(17)20)4-1-3-15-7-8-18(12-15)29-10-9-19-22(25)27-14-28-23(19)29/h2,5-6,9-11,13-15,18H,1,3-4,7-8,12,24H2,(H2,25,27,28). The first-order valence-corrected chi connectivity index (χ1v) is 10.4. The first kappa shape index (κ1) is 17.9. The minimum absolute atomic E-state index is 0.511. The molecule has 0 saturated heterocycles. The highest BCUT2D eigenvalue weighted by Crippen LogP contribution is 2.39. The molecule has 1 fully saturated rings. The summed E-state index contributed by atoms with van der Waals surface area (Å²) in [5, 5.41) is 2.09. The number of anilines is 2. The maximum atomic E-state index is 6.01. The van der Waals surface area contributed by atoms with Crippen LogP contribution in [-0.2, 0) is 6.42 Å². The molecule has 3 aromatic heterocycles. The predicted molar refractivity (Wildman–Crippen MR) is 117 cm³/mol. The molecule has 29 heavy (non-hydrogen) atoms. The number of aryl methyl sites for hydroxylation is 1. The van der Waals surface area contributed by atoms with Crippen LogP contribution < -0.4 is 11.5 Å². The number of benzene rings is 1. The van der Waals surface area contributed by atoms with Crippen LogP contribution in [0.5, 0.6) is 0 Å². The fraction of sp³-hybridized carbons (Fsp3) is 0.348. The number of hydrogen-bond donors (Lipinski definition) is 2. The lowest BCUT2D eigenvalue weighted by Gasteiger charge is -2.14. The summed E-state index contributed by atoms with van der Waals surface area (Å²) < 4.78 is 2.30. The summed E-state index contributed by atoms with van der Waals surface area (Å²) in [5.74, 6) is 1.33. The van der Waals surface area contributed by atoms with Crippen LogP contribution >= 0.6 is 0 Å². The molecule has 6 nitrogen and oxygen atoms in total. The van der Waals surface area contributed by atoms with Gasteiger partial charge in [-0.2, -0.15) is 0 Å². The summed E-state index contributed by atoms with van der Waals surface area (Å²) >= 11 is 0. The van der Waals surface area contributed by atoms with Crippen molar-refractivity contribution in [2.45, 2.75) is 44.6 Å². The van der Waals surface area contributed by atoms with Crippen LogP contribution in [0.2, 0.25) is 0 Å². The quantitative estimate of drug-likeness (QED) is 0.492. The van der Waals surface area contributed by atoms with Crippen LogP contribution in [0.4, 0.5) is 11.5 Å². The van der Waals surface area contributed by atoms with Crippen molar-refractivity contribution in [3.05, 3.63) is 54.6 Å². The Bertz CT molecular complexity index is 1160. The van der Waals surface area contributed by atoms with Crippen LogP contribution in [-0.4, -0.2) is 19.5 Å². The Kier molecular flexibility index (Phi) is 4.54. The Balaban J connectivity index is 1.20. The zero-order chi connectivity index (χ0) is 19.8. The SMILES string of the molecule is Nc1ncnc2c1ccn2C1CCC(CCCc2cnc3c(N)cccc3c2)C1. The van der Waals surface area contributed by atoms with Crippen LogP contribution in [0.25, 0.3) is 21.9 Å². The van der Waals surface area contributed by atoms with E-state index in [1.165, 1.54) is 37.7 Å². The van der Waals surface area contributed by atoms with Gasteiger partial charge in [-0.15, -0.1) is 0 Å². The van der Waals surface area contributed by atoms with Gasteiger partial charge in [-0.3, -0.25) is 4.98 Å². The van der Waals surface area contributed by atoms with Crippen molar-refractivity contribution in [1.29, 1.82) is 0 Å². The number of aromatic nitrogens is 4. The molecule has 2 unspecified atom stereocenters. The van der Waals surface area contributed by atoms with Gasteiger partial charge in [0.25, 0.3) is 0 Å². The van der Waals surface area contributed by atoms with Crippen molar-refractivity contribution >= 4 is 33.4 Å². The van der Waals surface area contributed by atoms with Crippen LogP contribution in [0.15, 0.2) is 49.1 Å². The third-order valence-corrected chi connectivity index (χ3v) is 6.32. The molecule has 2 atom stereocenters. The largest absolute Gasteiger partial charge is 0.397 e. The van der Waals surface area contributed by atoms with E-state index in [2.05, 4.69) is 37.8 Å². The highest BCUT2D eigenvalue weighted by molar-refractivity contribution is 5.89. The highest BCUT2D eigenvalue weighted by Gasteiger charge is 2.26. The minimum Gasteiger partial charge on any atom is -0.397 e. The van der Waals surface area contributed by atoms with Crippen molar-refractivity contribution in [2.24, 2.45) is 5.92 Å². The van der Waals surface area contributed by atoms with Crippen molar-refractivity contribution in [2.75, 3.05) is 11.5 Å². The molecular weight excluding hydrogens is 360 g/mol. The minimum atomic E-state index is 0.511. The van der Waals surface area contributed by atoms with E-state index < -0.39 is 0 Å². The fourth-order valence-corrected chi connectivity index (χ4v) is 4.81.